The molecule has 15 heavy (non-hydrogen) atoms. The van der Waals surface area contributed by atoms with E-state index in [2.05, 4.69) is 6.92 Å². The molecular formula is C13H22O2. The Kier molecular flexibility index (Phi) is 7.69. The smallest absolute Gasteiger partial charge is 0.331 e. The number of rotatable bonds is 7. The fourth-order valence-electron chi connectivity index (χ4n) is 1.29. The summed E-state index contributed by atoms with van der Waals surface area (Å²) >= 11 is 0. The van der Waals surface area contributed by atoms with E-state index in [1.165, 1.54) is 19.3 Å². The van der Waals surface area contributed by atoms with Crippen molar-refractivity contribution in [2.24, 2.45) is 5.92 Å². The molecule has 0 spiro atoms. The Labute approximate surface area is 92.7 Å². The highest BCUT2D eigenvalue weighted by atomic mass is 16.4. The summed E-state index contributed by atoms with van der Waals surface area (Å²) in [5.74, 6) is -0.744. The van der Waals surface area contributed by atoms with Crippen LogP contribution in [0.1, 0.15) is 46.5 Å². The summed E-state index contributed by atoms with van der Waals surface area (Å²) in [6.07, 6.45) is 10.3. The van der Waals surface area contributed by atoms with Gasteiger partial charge < -0.3 is 5.11 Å². The lowest BCUT2D eigenvalue weighted by Gasteiger charge is -2.03. The zero-order valence-corrected chi connectivity index (χ0v) is 9.99. The highest BCUT2D eigenvalue weighted by molar-refractivity contribution is 5.87. The molecular weight excluding hydrogens is 188 g/mol. The highest BCUT2D eigenvalue weighted by Crippen LogP contribution is 2.09. The van der Waals surface area contributed by atoms with Crippen molar-refractivity contribution in [2.45, 2.75) is 46.5 Å². The molecule has 0 aromatic rings. The molecule has 0 unspecified atom stereocenters. The summed E-state index contributed by atoms with van der Waals surface area (Å²) in [7, 11) is 0. The van der Waals surface area contributed by atoms with Crippen LogP contribution < -0.4 is 0 Å². The number of aliphatic carboxylic acids is 1. The van der Waals surface area contributed by atoms with Crippen LogP contribution in [0.2, 0.25) is 0 Å². The van der Waals surface area contributed by atoms with Gasteiger partial charge in [-0.3, -0.25) is 0 Å². The summed E-state index contributed by atoms with van der Waals surface area (Å²) in [6.45, 7) is 5.96. The van der Waals surface area contributed by atoms with Crippen molar-refractivity contribution in [1.82, 2.24) is 0 Å². The van der Waals surface area contributed by atoms with E-state index in [1.54, 1.807) is 6.08 Å². The van der Waals surface area contributed by atoms with Crippen LogP contribution in [0.4, 0.5) is 0 Å². The minimum Gasteiger partial charge on any atom is -0.478 e. The number of carboxylic acid groups (broad SMARTS) is 1. The van der Waals surface area contributed by atoms with Crippen LogP contribution in [0.5, 0.6) is 0 Å². The maximum Gasteiger partial charge on any atom is 0.331 e. The van der Waals surface area contributed by atoms with Gasteiger partial charge >= 0.3 is 5.97 Å². The lowest BCUT2D eigenvalue weighted by atomic mass is 10.0. The molecule has 0 aliphatic rings. The molecule has 2 heteroatoms. The Hall–Kier alpha value is -1.05. The third-order valence-corrected chi connectivity index (χ3v) is 2.26. The van der Waals surface area contributed by atoms with Crippen molar-refractivity contribution in [2.75, 3.05) is 0 Å². The van der Waals surface area contributed by atoms with E-state index >= 15 is 0 Å². The number of carbonyl (C=O) groups is 1. The van der Waals surface area contributed by atoms with Gasteiger partial charge in [-0.1, -0.05) is 51.8 Å². The molecule has 0 bridgehead atoms. The fraction of sp³-hybridized carbons (Fsp3) is 0.615. The molecule has 0 heterocycles. The third kappa shape index (κ3) is 6.95. The Morgan fingerprint density at radius 2 is 2.00 bits per heavy atom. The van der Waals surface area contributed by atoms with Crippen LogP contribution >= 0.6 is 0 Å². The minimum absolute atomic E-state index is 0.0720. The van der Waals surface area contributed by atoms with Gasteiger partial charge in [0.1, 0.15) is 0 Å². The van der Waals surface area contributed by atoms with E-state index in [1.807, 2.05) is 26.0 Å². The fourth-order valence-corrected chi connectivity index (χ4v) is 1.29. The SMILES string of the molecule is CCCCC/C=C/C=C(/C(=O)O)C(C)C. The average Bonchev–Trinajstić information content (AvgIpc) is 2.15. The summed E-state index contributed by atoms with van der Waals surface area (Å²) in [6, 6.07) is 0. The summed E-state index contributed by atoms with van der Waals surface area (Å²) in [4.78, 5) is 10.8. The van der Waals surface area contributed by atoms with Crippen LogP contribution in [-0.4, -0.2) is 11.1 Å². The van der Waals surface area contributed by atoms with Crippen molar-refractivity contribution in [3.8, 4) is 0 Å². The maximum absolute atomic E-state index is 10.8. The molecule has 0 amide bonds. The second-order valence-electron chi connectivity index (χ2n) is 4.01. The topological polar surface area (TPSA) is 37.3 Å². The van der Waals surface area contributed by atoms with E-state index < -0.39 is 5.97 Å². The lowest BCUT2D eigenvalue weighted by molar-refractivity contribution is -0.133. The van der Waals surface area contributed by atoms with Crippen molar-refractivity contribution in [3.05, 3.63) is 23.8 Å². The van der Waals surface area contributed by atoms with Gasteiger partial charge in [0.2, 0.25) is 0 Å². The summed E-state index contributed by atoms with van der Waals surface area (Å²) in [5.41, 5.74) is 0.474. The number of allylic oxidation sites excluding steroid dienone is 3. The van der Waals surface area contributed by atoms with Crippen LogP contribution in [0.25, 0.3) is 0 Å². The molecule has 86 valence electrons. The first kappa shape index (κ1) is 13.9. The van der Waals surface area contributed by atoms with Crippen molar-refractivity contribution in [3.63, 3.8) is 0 Å². The first-order valence-corrected chi connectivity index (χ1v) is 5.69. The van der Waals surface area contributed by atoms with Crippen LogP contribution in [0.15, 0.2) is 23.8 Å². The summed E-state index contributed by atoms with van der Waals surface area (Å²) in [5, 5.41) is 8.88. The number of hydrogen-bond donors (Lipinski definition) is 1. The van der Waals surface area contributed by atoms with Gasteiger partial charge in [0.05, 0.1) is 0 Å². The molecule has 1 N–H and O–H groups in total. The molecule has 0 fully saturated rings. The molecule has 0 atom stereocenters. The molecule has 2 nitrogen and oxygen atoms in total. The Bertz CT molecular complexity index is 237. The molecule has 0 saturated heterocycles. The molecule has 0 radical (unpaired) electrons. The number of unbranched alkanes of at least 4 members (excludes halogenated alkanes) is 3. The first-order valence-electron chi connectivity index (χ1n) is 5.69. The molecule has 0 aromatic heterocycles. The molecule has 0 aromatic carbocycles. The van der Waals surface area contributed by atoms with Crippen molar-refractivity contribution in [1.29, 1.82) is 0 Å². The highest BCUT2D eigenvalue weighted by Gasteiger charge is 2.09. The van der Waals surface area contributed by atoms with Gasteiger partial charge in [-0.15, -0.1) is 0 Å². The predicted octanol–water partition coefficient (Wildman–Crippen LogP) is 3.79. The van der Waals surface area contributed by atoms with Crippen LogP contribution in [-0.2, 0) is 4.79 Å². The molecule has 0 rings (SSSR count). The van der Waals surface area contributed by atoms with Crippen molar-refractivity contribution < 1.29 is 9.90 Å². The molecule has 0 aliphatic heterocycles. The van der Waals surface area contributed by atoms with E-state index in [9.17, 15) is 4.79 Å². The Balaban J connectivity index is 4.04. The second kappa shape index (κ2) is 8.27. The van der Waals surface area contributed by atoms with E-state index in [4.69, 9.17) is 5.11 Å². The molecule has 0 saturated carbocycles. The predicted molar refractivity (Wildman–Crippen MR) is 63.8 cm³/mol. The van der Waals surface area contributed by atoms with Gasteiger partial charge in [0, 0.05) is 5.57 Å². The standard InChI is InChI=1S/C13H22O2/c1-4-5-6-7-8-9-10-12(11(2)3)13(14)15/h8-11H,4-7H2,1-3H3,(H,14,15)/b9-8+,12-10+. The van der Waals surface area contributed by atoms with Gasteiger partial charge in [0.25, 0.3) is 0 Å². The monoisotopic (exact) mass is 210 g/mol. The van der Waals surface area contributed by atoms with Gasteiger partial charge in [-0.2, -0.15) is 0 Å². The van der Waals surface area contributed by atoms with Crippen molar-refractivity contribution >= 4 is 5.97 Å². The number of carboxylic acids is 1. The third-order valence-electron chi connectivity index (χ3n) is 2.26. The Morgan fingerprint density at radius 1 is 1.33 bits per heavy atom. The largest absolute Gasteiger partial charge is 0.478 e. The second-order valence-corrected chi connectivity index (χ2v) is 4.01. The van der Waals surface area contributed by atoms with Crippen LogP contribution in [0, 0.1) is 5.92 Å². The van der Waals surface area contributed by atoms with E-state index in [0.29, 0.717) is 5.57 Å². The van der Waals surface area contributed by atoms with E-state index in [-0.39, 0.29) is 5.92 Å². The summed E-state index contributed by atoms with van der Waals surface area (Å²) < 4.78 is 0. The normalized spacial score (nSPS) is 12.7. The molecule has 0 aliphatic carbocycles. The zero-order chi connectivity index (χ0) is 11.7. The zero-order valence-electron chi connectivity index (χ0n) is 9.99. The number of hydrogen-bond acceptors (Lipinski definition) is 1. The Morgan fingerprint density at radius 3 is 2.47 bits per heavy atom. The first-order chi connectivity index (χ1) is 7.09. The van der Waals surface area contributed by atoms with Gasteiger partial charge in [-0.25, -0.2) is 4.79 Å². The van der Waals surface area contributed by atoms with Gasteiger partial charge in [0.15, 0.2) is 0 Å². The average molecular weight is 210 g/mol. The quantitative estimate of drug-likeness (QED) is 0.394. The van der Waals surface area contributed by atoms with Crippen LogP contribution in [0.3, 0.4) is 0 Å². The van der Waals surface area contributed by atoms with Gasteiger partial charge in [-0.05, 0) is 18.8 Å². The maximum atomic E-state index is 10.8. The minimum atomic E-state index is -0.816. The van der Waals surface area contributed by atoms with E-state index in [0.717, 1.165) is 6.42 Å². The lowest BCUT2D eigenvalue weighted by Crippen LogP contribution is -2.06.